The molecule has 1 aromatic carbocycles. The highest BCUT2D eigenvalue weighted by Crippen LogP contribution is 2.25. The summed E-state index contributed by atoms with van der Waals surface area (Å²) in [7, 11) is -3.48. The van der Waals surface area contributed by atoms with Gasteiger partial charge in [-0.15, -0.1) is 0 Å². The lowest BCUT2D eigenvalue weighted by Gasteiger charge is -2.25. The largest absolute Gasteiger partial charge is 0.351 e. The third-order valence-corrected chi connectivity index (χ3v) is 4.30. The lowest BCUT2D eigenvalue weighted by atomic mass is 10.1. The zero-order valence-corrected chi connectivity index (χ0v) is 15.2. The third kappa shape index (κ3) is 5.85. The van der Waals surface area contributed by atoms with Crippen LogP contribution < -0.4 is 9.62 Å². The maximum Gasteiger partial charge on any atom is 0.232 e. The molecule has 0 aliphatic heterocycles. The molecule has 1 aromatic rings. The van der Waals surface area contributed by atoms with Gasteiger partial charge in [-0.1, -0.05) is 11.6 Å². The number of nitrogens with one attached hydrogen (secondary N) is 1. The van der Waals surface area contributed by atoms with E-state index in [2.05, 4.69) is 5.32 Å². The summed E-state index contributed by atoms with van der Waals surface area (Å²) in [6.07, 6.45) is 1.22. The number of hydrogen-bond donors (Lipinski definition) is 1. The van der Waals surface area contributed by atoms with Crippen molar-refractivity contribution in [2.45, 2.75) is 39.7 Å². The standard InChI is InChI=1S/C15H23ClN2O3S/c1-11-10-12(16)6-7-13(11)18(22(5,20)21)9-8-14(19)17-15(2,3)4/h6-7,10H,8-9H2,1-5H3,(H,17,19). The molecule has 0 atom stereocenters. The second-order valence-corrected chi connectivity index (χ2v) is 8.66. The lowest BCUT2D eigenvalue weighted by molar-refractivity contribution is -0.122. The van der Waals surface area contributed by atoms with E-state index in [1.54, 1.807) is 25.1 Å². The summed E-state index contributed by atoms with van der Waals surface area (Å²) >= 11 is 5.90. The first-order valence-electron chi connectivity index (χ1n) is 6.95. The number of benzene rings is 1. The average Bonchev–Trinajstić information content (AvgIpc) is 2.27. The normalized spacial score (nSPS) is 12.1. The van der Waals surface area contributed by atoms with Gasteiger partial charge in [0.1, 0.15) is 0 Å². The van der Waals surface area contributed by atoms with Gasteiger partial charge < -0.3 is 5.32 Å². The fraction of sp³-hybridized carbons (Fsp3) is 0.533. The molecule has 0 fully saturated rings. The molecule has 0 radical (unpaired) electrons. The Hall–Kier alpha value is -1.27. The molecule has 0 heterocycles. The number of halogens is 1. The second kappa shape index (κ2) is 6.87. The van der Waals surface area contributed by atoms with E-state index in [0.29, 0.717) is 10.7 Å². The number of sulfonamides is 1. The molecule has 0 spiro atoms. The van der Waals surface area contributed by atoms with Crippen molar-refractivity contribution in [2.75, 3.05) is 17.1 Å². The first-order chi connectivity index (χ1) is 9.90. The number of amides is 1. The van der Waals surface area contributed by atoms with Crippen molar-refractivity contribution in [1.82, 2.24) is 5.32 Å². The van der Waals surface area contributed by atoms with Crippen molar-refractivity contribution in [1.29, 1.82) is 0 Å². The number of aryl methyl sites for hydroxylation is 1. The van der Waals surface area contributed by atoms with E-state index in [0.717, 1.165) is 11.8 Å². The number of rotatable bonds is 5. The summed E-state index contributed by atoms with van der Waals surface area (Å²) in [5.41, 5.74) is 0.938. The molecule has 0 unspecified atom stereocenters. The molecule has 0 aromatic heterocycles. The number of hydrogen-bond acceptors (Lipinski definition) is 3. The SMILES string of the molecule is Cc1cc(Cl)ccc1N(CCC(=O)NC(C)(C)C)S(C)(=O)=O. The molecule has 0 aliphatic carbocycles. The van der Waals surface area contributed by atoms with Gasteiger partial charge in [-0.3, -0.25) is 9.10 Å². The first-order valence-corrected chi connectivity index (χ1v) is 9.17. The molecule has 1 rings (SSSR count). The topological polar surface area (TPSA) is 66.5 Å². The summed E-state index contributed by atoms with van der Waals surface area (Å²) in [5, 5.41) is 3.36. The van der Waals surface area contributed by atoms with Crippen molar-refractivity contribution in [3.63, 3.8) is 0 Å². The molecule has 1 N–H and O–H groups in total. The van der Waals surface area contributed by atoms with Crippen LogP contribution in [0.15, 0.2) is 18.2 Å². The molecule has 124 valence electrons. The molecule has 5 nitrogen and oxygen atoms in total. The summed E-state index contributed by atoms with van der Waals surface area (Å²) in [4.78, 5) is 11.9. The fourth-order valence-corrected chi connectivity index (χ4v) is 3.26. The Morgan fingerprint density at radius 1 is 1.32 bits per heavy atom. The van der Waals surface area contributed by atoms with Gasteiger partial charge in [-0.2, -0.15) is 0 Å². The summed E-state index contributed by atoms with van der Waals surface area (Å²) in [5.74, 6) is -0.187. The number of carbonyl (C=O) groups excluding carboxylic acids is 1. The highest BCUT2D eigenvalue weighted by atomic mass is 35.5. The Kier molecular flexibility index (Phi) is 5.87. The maximum atomic E-state index is 12.0. The zero-order valence-electron chi connectivity index (χ0n) is 13.6. The van der Waals surface area contributed by atoms with E-state index >= 15 is 0 Å². The molecule has 0 bridgehead atoms. The Labute approximate surface area is 137 Å². The maximum absolute atomic E-state index is 12.0. The van der Waals surface area contributed by atoms with Crippen LogP contribution in [-0.4, -0.2) is 32.7 Å². The van der Waals surface area contributed by atoms with Crippen LogP contribution in [0, 0.1) is 6.92 Å². The van der Waals surface area contributed by atoms with Gasteiger partial charge in [0.25, 0.3) is 0 Å². The van der Waals surface area contributed by atoms with Crippen LogP contribution in [0.2, 0.25) is 5.02 Å². The summed E-state index contributed by atoms with van der Waals surface area (Å²) in [6.45, 7) is 7.51. The summed E-state index contributed by atoms with van der Waals surface area (Å²) < 4.78 is 25.3. The van der Waals surface area contributed by atoms with Crippen molar-refractivity contribution < 1.29 is 13.2 Å². The van der Waals surface area contributed by atoms with Crippen LogP contribution in [-0.2, 0) is 14.8 Å². The van der Waals surface area contributed by atoms with Gasteiger partial charge in [0, 0.05) is 23.5 Å². The minimum absolute atomic E-state index is 0.0865. The number of anilines is 1. The molecule has 0 saturated heterocycles. The quantitative estimate of drug-likeness (QED) is 0.891. The van der Waals surface area contributed by atoms with Crippen LogP contribution >= 0.6 is 11.6 Å². The van der Waals surface area contributed by atoms with Crippen molar-refractivity contribution >= 4 is 33.2 Å². The molecule has 1 amide bonds. The Morgan fingerprint density at radius 2 is 1.91 bits per heavy atom. The van der Waals surface area contributed by atoms with Crippen LogP contribution in [0.25, 0.3) is 0 Å². The smallest absolute Gasteiger partial charge is 0.232 e. The summed E-state index contributed by atoms with van der Waals surface area (Å²) in [6, 6.07) is 4.99. The van der Waals surface area contributed by atoms with Crippen LogP contribution in [0.1, 0.15) is 32.8 Å². The number of carbonyl (C=O) groups is 1. The van der Waals surface area contributed by atoms with Crippen LogP contribution in [0.4, 0.5) is 5.69 Å². The van der Waals surface area contributed by atoms with E-state index in [1.807, 2.05) is 20.8 Å². The Morgan fingerprint density at radius 3 is 2.36 bits per heavy atom. The van der Waals surface area contributed by atoms with E-state index in [4.69, 9.17) is 11.6 Å². The average molecular weight is 347 g/mol. The molecule has 7 heteroatoms. The van der Waals surface area contributed by atoms with E-state index in [9.17, 15) is 13.2 Å². The van der Waals surface area contributed by atoms with Gasteiger partial charge in [-0.05, 0) is 51.5 Å². The highest BCUT2D eigenvalue weighted by Gasteiger charge is 2.21. The Balaban J connectivity index is 2.95. The highest BCUT2D eigenvalue weighted by molar-refractivity contribution is 7.92. The van der Waals surface area contributed by atoms with Gasteiger partial charge in [0.2, 0.25) is 15.9 Å². The van der Waals surface area contributed by atoms with E-state index in [1.165, 1.54) is 4.31 Å². The predicted octanol–water partition coefficient (Wildman–Crippen LogP) is 2.72. The predicted molar refractivity (Wildman–Crippen MR) is 90.9 cm³/mol. The molecule has 22 heavy (non-hydrogen) atoms. The molecular formula is C15H23ClN2O3S. The first kappa shape index (κ1) is 18.8. The monoisotopic (exact) mass is 346 g/mol. The van der Waals surface area contributed by atoms with Gasteiger partial charge in [-0.25, -0.2) is 8.42 Å². The van der Waals surface area contributed by atoms with Crippen molar-refractivity contribution in [3.05, 3.63) is 28.8 Å². The lowest BCUT2D eigenvalue weighted by Crippen LogP contribution is -2.42. The fourth-order valence-electron chi connectivity index (χ4n) is 2.05. The molecular weight excluding hydrogens is 324 g/mol. The van der Waals surface area contributed by atoms with E-state index in [-0.39, 0.29) is 24.4 Å². The third-order valence-electron chi connectivity index (χ3n) is 2.88. The number of nitrogens with zero attached hydrogens (tertiary/aromatic N) is 1. The van der Waals surface area contributed by atoms with Gasteiger partial charge in [0.15, 0.2) is 0 Å². The zero-order chi connectivity index (χ0) is 17.1. The second-order valence-electron chi connectivity index (χ2n) is 6.31. The van der Waals surface area contributed by atoms with Gasteiger partial charge >= 0.3 is 0 Å². The molecule has 0 aliphatic rings. The minimum atomic E-state index is -3.48. The van der Waals surface area contributed by atoms with Crippen LogP contribution in [0.3, 0.4) is 0 Å². The Bertz CT molecular complexity index is 651. The van der Waals surface area contributed by atoms with Crippen LogP contribution in [0.5, 0.6) is 0 Å². The van der Waals surface area contributed by atoms with Gasteiger partial charge in [0.05, 0.1) is 11.9 Å². The van der Waals surface area contributed by atoms with E-state index < -0.39 is 10.0 Å². The minimum Gasteiger partial charge on any atom is -0.351 e. The van der Waals surface area contributed by atoms with Crippen molar-refractivity contribution in [3.8, 4) is 0 Å². The molecule has 0 saturated carbocycles. The van der Waals surface area contributed by atoms with Crippen molar-refractivity contribution in [2.24, 2.45) is 0 Å².